The minimum absolute atomic E-state index is 0.350. The van der Waals surface area contributed by atoms with Crippen LogP contribution in [-0.2, 0) is 6.42 Å². The number of allylic oxidation sites excluding steroid dienone is 1. The van der Waals surface area contributed by atoms with Crippen molar-refractivity contribution < 1.29 is 0 Å². The first-order chi connectivity index (χ1) is 9.88. The Kier molecular flexibility index (Phi) is 3.64. The maximum atomic E-state index is 4.04. The van der Waals surface area contributed by atoms with Gasteiger partial charge in [-0.05, 0) is 28.3 Å². The van der Waals surface area contributed by atoms with Crippen molar-refractivity contribution in [3.8, 4) is 0 Å². The first kappa shape index (κ1) is 12.7. The molecule has 0 fully saturated rings. The van der Waals surface area contributed by atoms with Gasteiger partial charge in [-0.25, -0.2) is 0 Å². The molecule has 1 unspecified atom stereocenters. The van der Waals surface area contributed by atoms with Gasteiger partial charge in [0.05, 0.1) is 0 Å². The lowest BCUT2D eigenvalue weighted by Gasteiger charge is -2.16. The molecule has 0 heterocycles. The number of fused-ring (bicyclic) bond motifs is 1. The summed E-state index contributed by atoms with van der Waals surface area (Å²) >= 11 is 0. The van der Waals surface area contributed by atoms with Crippen LogP contribution < -0.4 is 0 Å². The minimum atomic E-state index is 0.350. The fourth-order valence-electron chi connectivity index (χ4n) is 2.76. The standard InChI is InChI=1S/C20H18/c1-2-17(15-16-9-4-3-5-10-16)19-14-8-12-18-11-6-7-13-20(18)19/h2-14,17H,1,15H2. The van der Waals surface area contributed by atoms with Crippen molar-refractivity contribution >= 4 is 10.8 Å². The van der Waals surface area contributed by atoms with E-state index in [9.17, 15) is 0 Å². The number of benzene rings is 3. The second-order valence-corrected chi connectivity index (χ2v) is 5.10. The van der Waals surface area contributed by atoms with Crippen LogP contribution in [-0.4, -0.2) is 0 Å². The van der Waals surface area contributed by atoms with E-state index < -0.39 is 0 Å². The third-order valence-electron chi connectivity index (χ3n) is 3.81. The molecule has 98 valence electrons. The van der Waals surface area contributed by atoms with Crippen LogP contribution in [0.3, 0.4) is 0 Å². The predicted molar refractivity (Wildman–Crippen MR) is 87.0 cm³/mol. The highest BCUT2D eigenvalue weighted by Gasteiger charge is 2.11. The van der Waals surface area contributed by atoms with Crippen LogP contribution in [0.15, 0.2) is 85.5 Å². The molecule has 3 aromatic carbocycles. The van der Waals surface area contributed by atoms with Gasteiger partial charge in [-0.15, -0.1) is 6.58 Å². The highest BCUT2D eigenvalue weighted by molar-refractivity contribution is 5.86. The van der Waals surface area contributed by atoms with Crippen LogP contribution in [0.2, 0.25) is 0 Å². The molecule has 20 heavy (non-hydrogen) atoms. The summed E-state index contributed by atoms with van der Waals surface area (Å²) in [4.78, 5) is 0. The molecule has 0 heteroatoms. The van der Waals surface area contributed by atoms with Crippen molar-refractivity contribution in [3.63, 3.8) is 0 Å². The Labute approximate surface area is 120 Å². The fourth-order valence-corrected chi connectivity index (χ4v) is 2.76. The molecule has 0 aliphatic carbocycles. The molecule has 0 saturated carbocycles. The smallest absolute Gasteiger partial charge is 0.00618 e. The third kappa shape index (κ3) is 2.50. The number of rotatable bonds is 4. The monoisotopic (exact) mass is 258 g/mol. The fraction of sp³-hybridized carbons (Fsp3) is 0.100. The van der Waals surface area contributed by atoms with Crippen molar-refractivity contribution in [2.75, 3.05) is 0 Å². The van der Waals surface area contributed by atoms with Gasteiger partial charge in [-0.3, -0.25) is 0 Å². The number of hydrogen-bond donors (Lipinski definition) is 0. The third-order valence-corrected chi connectivity index (χ3v) is 3.81. The van der Waals surface area contributed by atoms with E-state index in [2.05, 4.69) is 85.5 Å². The minimum Gasteiger partial charge on any atom is -0.102 e. The normalized spacial score (nSPS) is 12.2. The molecule has 0 spiro atoms. The summed E-state index contributed by atoms with van der Waals surface area (Å²) in [6, 6.07) is 25.7. The molecule has 0 nitrogen and oxygen atoms in total. The second kappa shape index (κ2) is 5.75. The van der Waals surface area contributed by atoms with Gasteiger partial charge in [-0.1, -0.05) is 78.9 Å². The molecule has 0 saturated heterocycles. The van der Waals surface area contributed by atoms with Gasteiger partial charge in [0.1, 0.15) is 0 Å². The van der Waals surface area contributed by atoms with E-state index in [0.29, 0.717) is 5.92 Å². The van der Waals surface area contributed by atoms with Gasteiger partial charge in [0.15, 0.2) is 0 Å². The first-order valence-corrected chi connectivity index (χ1v) is 7.02. The number of hydrogen-bond acceptors (Lipinski definition) is 0. The van der Waals surface area contributed by atoms with Crippen molar-refractivity contribution in [2.24, 2.45) is 0 Å². The molecule has 3 rings (SSSR count). The summed E-state index contributed by atoms with van der Waals surface area (Å²) in [6.07, 6.45) is 3.06. The zero-order chi connectivity index (χ0) is 13.8. The van der Waals surface area contributed by atoms with E-state index in [1.807, 2.05) is 0 Å². The van der Waals surface area contributed by atoms with Crippen molar-refractivity contribution in [1.29, 1.82) is 0 Å². The Hall–Kier alpha value is -2.34. The van der Waals surface area contributed by atoms with E-state index in [-0.39, 0.29) is 0 Å². The summed E-state index contributed by atoms with van der Waals surface area (Å²) < 4.78 is 0. The molecule has 0 aliphatic rings. The van der Waals surface area contributed by atoms with E-state index in [0.717, 1.165) is 6.42 Å². The highest BCUT2D eigenvalue weighted by Crippen LogP contribution is 2.29. The lowest BCUT2D eigenvalue weighted by atomic mass is 9.88. The van der Waals surface area contributed by atoms with Gasteiger partial charge in [0, 0.05) is 5.92 Å². The Morgan fingerprint density at radius 2 is 1.50 bits per heavy atom. The Morgan fingerprint density at radius 1 is 0.800 bits per heavy atom. The maximum Gasteiger partial charge on any atom is 0.00618 e. The molecule has 0 aliphatic heterocycles. The summed E-state index contributed by atoms with van der Waals surface area (Å²) in [6.45, 7) is 4.04. The molecule has 1 atom stereocenters. The summed E-state index contributed by atoms with van der Waals surface area (Å²) in [7, 11) is 0. The SMILES string of the molecule is C=CC(Cc1ccccc1)c1cccc2ccccc12. The lowest BCUT2D eigenvalue weighted by Crippen LogP contribution is -2.00. The summed E-state index contributed by atoms with van der Waals surface area (Å²) in [5.74, 6) is 0.350. The van der Waals surface area contributed by atoms with Gasteiger partial charge in [0.25, 0.3) is 0 Å². The van der Waals surface area contributed by atoms with Crippen LogP contribution in [0.25, 0.3) is 10.8 Å². The Balaban J connectivity index is 2.01. The highest BCUT2D eigenvalue weighted by atomic mass is 14.1. The zero-order valence-corrected chi connectivity index (χ0v) is 11.5. The lowest BCUT2D eigenvalue weighted by molar-refractivity contribution is 0.845. The molecule has 0 radical (unpaired) electrons. The van der Waals surface area contributed by atoms with Gasteiger partial charge in [0.2, 0.25) is 0 Å². The van der Waals surface area contributed by atoms with E-state index in [1.54, 1.807) is 0 Å². The van der Waals surface area contributed by atoms with E-state index in [1.165, 1.54) is 21.9 Å². The second-order valence-electron chi connectivity index (χ2n) is 5.10. The zero-order valence-electron chi connectivity index (χ0n) is 11.5. The average Bonchev–Trinajstić information content (AvgIpc) is 2.53. The largest absolute Gasteiger partial charge is 0.102 e. The Morgan fingerprint density at radius 3 is 2.30 bits per heavy atom. The van der Waals surface area contributed by atoms with Gasteiger partial charge < -0.3 is 0 Å². The molecule has 3 aromatic rings. The molecular formula is C20H18. The average molecular weight is 258 g/mol. The molecular weight excluding hydrogens is 240 g/mol. The maximum absolute atomic E-state index is 4.04. The van der Waals surface area contributed by atoms with Gasteiger partial charge in [-0.2, -0.15) is 0 Å². The van der Waals surface area contributed by atoms with Crippen LogP contribution >= 0.6 is 0 Å². The Bertz CT molecular complexity index is 705. The van der Waals surface area contributed by atoms with Crippen molar-refractivity contribution in [3.05, 3.63) is 96.6 Å². The quantitative estimate of drug-likeness (QED) is 0.553. The van der Waals surface area contributed by atoms with E-state index >= 15 is 0 Å². The molecule has 0 bridgehead atoms. The van der Waals surface area contributed by atoms with Crippen LogP contribution in [0, 0.1) is 0 Å². The van der Waals surface area contributed by atoms with Crippen LogP contribution in [0.4, 0.5) is 0 Å². The molecule has 0 aromatic heterocycles. The predicted octanol–water partition coefficient (Wildman–Crippen LogP) is 5.35. The molecule has 0 N–H and O–H groups in total. The topological polar surface area (TPSA) is 0 Å². The van der Waals surface area contributed by atoms with Crippen molar-refractivity contribution in [1.82, 2.24) is 0 Å². The summed E-state index contributed by atoms with van der Waals surface area (Å²) in [5, 5.41) is 2.63. The van der Waals surface area contributed by atoms with E-state index in [4.69, 9.17) is 0 Å². The van der Waals surface area contributed by atoms with Gasteiger partial charge >= 0.3 is 0 Å². The summed E-state index contributed by atoms with van der Waals surface area (Å²) in [5.41, 5.74) is 2.72. The van der Waals surface area contributed by atoms with Crippen LogP contribution in [0.5, 0.6) is 0 Å². The molecule has 0 amide bonds. The first-order valence-electron chi connectivity index (χ1n) is 7.02. The van der Waals surface area contributed by atoms with Crippen LogP contribution in [0.1, 0.15) is 17.0 Å². The van der Waals surface area contributed by atoms with Crippen molar-refractivity contribution in [2.45, 2.75) is 12.3 Å².